The first-order valence-corrected chi connectivity index (χ1v) is 25.5. The molecule has 376 valence electrons. The average molecular weight is 1030 g/mol. The maximum atomic E-state index is 13.0. The molecule has 4 N–H and O–H groups in total. The van der Waals surface area contributed by atoms with E-state index in [1.165, 1.54) is 0 Å². The Kier molecular flexibility index (Phi) is 18.5. The minimum atomic E-state index is -0.271. The maximum absolute atomic E-state index is 13.0. The normalized spacial score (nSPS) is 23.6. The molecule has 6 fully saturated rings. The maximum Gasteiger partial charge on any atom is 0.321 e. The van der Waals surface area contributed by atoms with Crippen LogP contribution in [-0.2, 0) is 19.1 Å². The third-order valence-electron chi connectivity index (χ3n) is 15.0. The summed E-state index contributed by atoms with van der Waals surface area (Å²) < 4.78 is 10.9. The minimum absolute atomic E-state index is 0.0301. The average Bonchev–Trinajstić information content (AvgIpc) is 4.25. The highest BCUT2D eigenvalue weighted by atomic mass is 35.5. The van der Waals surface area contributed by atoms with Gasteiger partial charge in [-0.15, -0.1) is 0 Å². The van der Waals surface area contributed by atoms with Crippen molar-refractivity contribution in [1.29, 1.82) is 0 Å². The molecule has 0 radical (unpaired) electrons. The van der Waals surface area contributed by atoms with Crippen molar-refractivity contribution in [2.24, 2.45) is 10.8 Å². The summed E-state index contributed by atoms with van der Waals surface area (Å²) >= 11 is 24.0. The number of ether oxygens (including phenoxy) is 2. The topological polar surface area (TPSA) is 171 Å². The summed E-state index contributed by atoms with van der Waals surface area (Å²) in [6, 6.07) is 9.19. The number of halogens is 4. The lowest BCUT2D eigenvalue weighted by atomic mass is 9.90. The van der Waals surface area contributed by atoms with E-state index >= 15 is 0 Å². The van der Waals surface area contributed by atoms with E-state index in [0.717, 1.165) is 77.5 Å². The highest BCUT2D eigenvalue weighted by Crippen LogP contribution is 2.54. The molecular formula is C48H68Cl4N8O8. The smallest absolute Gasteiger partial charge is 0.321 e. The van der Waals surface area contributed by atoms with Crippen LogP contribution < -0.4 is 10.6 Å². The van der Waals surface area contributed by atoms with Gasteiger partial charge in [-0.2, -0.15) is 0 Å². The lowest BCUT2D eigenvalue weighted by molar-refractivity contribution is -0.134. The van der Waals surface area contributed by atoms with Gasteiger partial charge < -0.3 is 59.7 Å². The summed E-state index contributed by atoms with van der Waals surface area (Å²) in [5.74, 6) is 0.0602. The first-order valence-electron chi connectivity index (χ1n) is 24.0. The Hall–Kier alpha value is -3.16. The first-order chi connectivity index (χ1) is 32.6. The van der Waals surface area contributed by atoms with E-state index in [1.54, 1.807) is 60.4 Å². The zero-order valence-corrected chi connectivity index (χ0v) is 42.3. The van der Waals surface area contributed by atoms with Gasteiger partial charge in [0.1, 0.15) is 0 Å². The number of β-amino-alcohol motifs (C(OH)–C–C–N with tert-alkyl or cyclic N) is 2. The van der Waals surface area contributed by atoms with Crippen LogP contribution in [0.3, 0.4) is 0 Å². The summed E-state index contributed by atoms with van der Waals surface area (Å²) in [5, 5.41) is 28.2. The molecule has 4 aliphatic heterocycles. The molecular weight excluding hydrogens is 958 g/mol. The number of urea groups is 2. The van der Waals surface area contributed by atoms with E-state index in [4.69, 9.17) is 55.9 Å². The zero-order chi connectivity index (χ0) is 48.6. The van der Waals surface area contributed by atoms with Crippen LogP contribution in [0.4, 0.5) is 21.0 Å². The van der Waals surface area contributed by atoms with Gasteiger partial charge >= 0.3 is 12.1 Å². The molecule has 2 aromatic rings. The Morgan fingerprint density at radius 1 is 0.603 bits per heavy atom. The lowest BCUT2D eigenvalue weighted by Crippen LogP contribution is -2.49. The molecule has 2 saturated carbocycles. The van der Waals surface area contributed by atoms with Crippen LogP contribution in [0.1, 0.15) is 64.2 Å². The second-order valence-corrected chi connectivity index (χ2v) is 21.0. The number of hydrogen-bond donors (Lipinski definition) is 4. The van der Waals surface area contributed by atoms with Crippen LogP contribution >= 0.6 is 46.4 Å². The number of likely N-dealkylation sites (tertiary alicyclic amines) is 2. The van der Waals surface area contributed by atoms with E-state index < -0.39 is 0 Å². The fourth-order valence-electron chi connectivity index (χ4n) is 10.2. The van der Waals surface area contributed by atoms with Gasteiger partial charge in [-0.3, -0.25) is 9.59 Å². The first kappa shape index (κ1) is 52.7. The number of nitrogens with one attached hydrogen (secondary N) is 2. The molecule has 4 saturated heterocycles. The number of aliphatic hydroxyl groups excluding tert-OH is 2. The molecule has 8 rings (SSSR count). The van der Waals surface area contributed by atoms with Gasteiger partial charge in [-0.05, 0) is 112 Å². The fourth-order valence-corrected chi connectivity index (χ4v) is 10.8. The number of amides is 6. The van der Waals surface area contributed by atoms with Crippen LogP contribution in [0.5, 0.6) is 0 Å². The SMILES string of the molecule is COC[C@@H](CCN1CCC2(CC2)[C@H](O)C1)N1CCN(C(=O)Nc2ccc(Cl)c(Cl)c2)CCC1=O.COC[C@H](CCN1CCC2(CC2)[C@H](O)C1)N1CCN(C(=O)Nc2ccc(Cl)c(Cl)c2)CCC1=O. The van der Waals surface area contributed by atoms with Crippen molar-refractivity contribution in [2.75, 3.05) is 117 Å². The molecule has 0 unspecified atom stereocenters. The third-order valence-corrected chi connectivity index (χ3v) is 16.5. The molecule has 4 atom stereocenters. The fraction of sp³-hybridized carbons (Fsp3) is 0.667. The van der Waals surface area contributed by atoms with E-state index in [9.17, 15) is 29.4 Å². The summed E-state index contributed by atoms with van der Waals surface area (Å²) in [7, 11) is 3.29. The molecule has 16 nitrogen and oxygen atoms in total. The predicted octanol–water partition coefficient (Wildman–Crippen LogP) is 6.62. The summed E-state index contributed by atoms with van der Waals surface area (Å²) in [5.41, 5.74) is 1.48. The summed E-state index contributed by atoms with van der Waals surface area (Å²) in [4.78, 5) is 63.2. The number of aliphatic hydroxyl groups is 2. The van der Waals surface area contributed by atoms with Gasteiger partial charge in [-0.1, -0.05) is 46.4 Å². The van der Waals surface area contributed by atoms with Crippen molar-refractivity contribution in [3.05, 3.63) is 56.5 Å². The Morgan fingerprint density at radius 3 is 1.34 bits per heavy atom. The molecule has 6 amide bonds. The number of carbonyl (C=O) groups is 4. The van der Waals surface area contributed by atoms with Gasteiger partial charge in [0.05, 0.1) is 57.6 Å². The highest BCUT2D eigenvalue weighted by molar-refractivity contribution is 6.42. The van der Waals surface area contributed by atoms with E-state index in [2.05, 4.69) is 20.4 Å². The zero-order valence-electron chi connectivity index (χ0n) is 39.3. The number of anilines is 2. The summed E-state index contributed by atoms with van der Waals surface area (Å²) in [6.07, 6.45) is 8.26. The van der Waals surface area contributed by atoms with Gasteiger partial charge in [0.2, 0.25) is 11.8 Å². The van der Waals surface area contributed by atoms with Gasteiger partial charge in [0.15, 0.2) is 0 Å². The second-order valence-electron chi connectivity index (χ2n) is 19.4. The molecule has 4 heterocycles. The van der Waals surface area contributed by atoms with Gasteiger partial charge in [-0.25, -0.2) is 9.59 Å². The van der Waals surface area contributed by atoms with Gasteiger partial charge in [0, 0.05) is 104 Å². The largest absolute Gasteiger partial charge is 0.391 e. The monoisotopic (exact) mass is 1020 g/mol. The number of methoxy groups -OCH3 is 2. The minimum Gasteiger partial charge on any atom is -0.391 e. The number of benzene rings is 2. The van der Waals surface area contributed by atoms with Crippen molar-refractivity contribution in [2.45, 2.75) is 88.5 Å². The van der Waals surface area contributed by atoms with Crippen molar-refractivity contribution in [1.82, 2.24) is 29.4 Å². The molecule has 0 bridgehead atoms. The molecule has 20 heteroatoms. The van der Waals surface area contributed by atoms with Crippen LogP contribution in [0.15, 0.2) is 36.4 Å². The molecule has 2 aliphatic carbocycles. The lowest BCUT2D eigenvalue weighted by Gasteiger charge is -2.38. The molecule has 0 aromatic heterocycles. The molecule has 2 spiro atoms. The van der Waals surface area contributed by atoms with Crippen molar-refractivity contribution in [3.8, 4) is 0 Å². The van der Waals surface area contributed by atoms with Gasteiger partial charge in [0.25, 0.3) is 0 Å². The Balaban J connectivity index is 0.000000201. The van der Waals surface area contributed by atoms with E-state index in [1.807, 2.05) is 9.80 Å². The number of nitrogens with zero attached hydrogens (tertiary/aromatic N) is 6. The van der Waals surface area contributed by atoms with E-state index in [-0.39, 0.29) is 71.8 Å². The summed E-state index contributed by atoms with van der Waals surface area (Å²) in [6.45, 7) is 8.38. The Labute approximate surface area is 420 Å². The van der Waals surface area contributed by atoms with Crippen LogP contribution in [0.25, 0.3) is 0 Å². The van der Waals surface area contributed by atoms with E-state index in [0.29, 0.717) is 97.0 Å². The molecule has 68 heavy (non-hydrogen) atoms. The second kappa shape index (κ2) is 23.8. The quantitative estimate of drug-likeness (QED) is 0.161. The number of piperidine rings is 2. The predicted molar refractivity (Wildman–Crippen MR) is 265 cm³/mol. The van der Waals surface area contributed by atoms with Crippen LogP contribution in [-0.4, -0.2) is 194 Å². The standard InChI is InChI=1S/2C24H34Cl2N4O4/c2*1-34-16-18(4-9-28-11-8-24(6-7-24)21(31)15-28)30-13-12-29(10-5-22(30)32)23(33)27-17-2-3-19(25)20(26)14-17/h2*2-3,14,18,21,31H,4-13,15-16H2,1H3,(H,27,33)/t18-,21+;18-,21-/m01/s1. The Morgan fingerprint density at radius 2 is 1.00 bits per heavy atom. The van der Waals surface area contributed by atoms with Crippen LogP contribution in [0.2, 0.25) is 20.1 Å². The number of hydrogen-bond acceptors (Lipinski definition) is 10. The Bertz CT molecular complexity index is 1940. The molecule has 6 aliphatic rings. The van der Waals surface area contributed by atoms with Crippen molar-refractivity contribution in [3.63, 3.8) is 0 Å². The van der Waals surface area contributed by atoms with Crippen molar-refractivity contribution >= 4 is 81.7 Å². The third kappa shape index (κ3) is 13.6. The number of rotatable bonds is 14. The number of carbonyl (C=O) groups excluding carboxylic acids is 4. The van der Waals surface area contributed by atoms with Crippen molar-refractivity contribution < 1.29 is 38.9 Å². The van der Waals surface area contributed by atoms with Crippen LogP contribution in [0, 0.1) is 10.8 Å². The highest BCUT2D eigenvalue weighted by Gasteiger charge is 2.52. The molecule has 2 aromatic carbocycles.